The van der Waals surface area contributed by atoms with Crippen molar-refractivity contribution in [3.63, 3.8) is 0 Å². The van der Waals surface area contributed by atoms with Crippen LogP contribution in [0.3, 0.4) is 0 Å². The molecule has 0 heterocycles. The Hall–Kier alpha value is -6.00. The van der Waals surface area contributed by atoms with Gasteiger partial charge in [-0.3, -0.25) is 0 Å². The van der Waals surface area contributed by atoms with E-state index in [1.807, 2.05) is 0 Å². The second-order valence-corrected chi connectivity index (χ2v) is 9.31. The van der Waals surface area contributed by atoms with Gasteiger partial charge in [0.2, 0.25) is 0 Å². The summed E-state index contributed by atoms with van der Waals surface area (Å²) in [6.07, 6.45) is 0.0600. The molecule has 3 aromatic rings. The van der Waals surface area contributed by atoms with E-state index < -0.39 is 131 Å². The van der Waals surface area contributed by atoms with Crippen LogP contribution in [0.5, 0.6) is 0 Å². The molecule has 0 amide bonds. The van der Waals surface area contributed by atoms with Crippen LogP contribution in [0.4, 0.5) is 52.7 Å². The summed E-state index contributed by atoms with van der Waals surface area (Å²) in [5.41, 5.74) is -16.5. The van der Waals surface area contributed by atoms with Gasteiger partial charge in [-0.25, -0.2) is 52.7 Å². The van der Waals surface area contributed by atoms with Crippen molar-refractivity contribution >= 4 is 16.7 Å². The van der Waals surface area contributed by atoms with Gasteiger partial charge in [-0.05, 0) is 43.6 Å². The lowest BCUT2D eigenvalue weighted by Crippen LogP contribution is -2.09. The Morgan fingerprint density at radius 2 is 0.851 bits per heavy atom. The molecule has 0 aliphatic carbocycles. The zero-order valence-electron chi connectivity index (χ0n) is 23.4. The fourth-order valence-corrected chi connectivity index (χ4v) is 4.30. The first-order valence-corrected chi connectivity index (χ1v) is 12.2. The topological polar surface area (TPSA) is 95.2 Å². The average molecular weight is 666 g/mol. The fraction of sp³-hybridized carbons (Fsp3) is 0.0968. The van der Waals surface area contributed by atoms with E-state index in [-0.39, 0.29) is 6.08 Å². The van der Waals surface area contributed by atoms with Crippen molar-refractivity contribution < 1.29 is 52.7 Å². The third-order valence-corrected chi connectivity index (χ3v) is 6.88. The number of benzene rings is 3. The SMILES string of the molecule is CC(=C(C)c1c(F)c(F)c(C#N)c(F)c1F)C(/C=C(/C#N)c1c(F)c(F)c(C#N)c(F)c1F)=C(/C#N)c1c(F)c(F)c(C)c(F)c1F. The Kier molecular flexibility index (Phi) is 9.93. The average Bonchev–Trinajstić information content (AvgIpc) is 3.05. The van der Waals surface area contributed by atoms with Crippen molar-refractivity contribution in [2.24, 2.45) is 0 Å². The zero-order valence-corrected chi connectivity index (χ0v) is 23.4. The summed E-state index contributed by atoms with van der Waals surface area (Å²) in [6.45, 7) is 1.92. The summed E-state index contributed by atoms with van der Waals surface area (Å²) in [6, 6.07) is 3.86. The number of allylic oxidation sites excluding steroid dienone is 6. The summed E-state index contributed by atoms with van der Waals surface area (Å²) in [4.78, 5) is 0. The van der Waals surface area contributed by atoms with Gasteiger partial charge in [0.05, 0.1) is 33.9 Å². The van der Waals surface area contributed by atoms with Crippen molar-refractivity contribution in [2.75, 3.05) is 0 Å². The van der Waals surface area contributed by atoms with E-state index in [4.69, 9.17) is 10.5 Å². The predicted molar refractivity (Wildman–Crippen MR) is 137 cm³/mol. The lowest BCUT2D eigenvalue weighted by atomic mass is 9.87. The Bertz CT molecular complexity index is 2100. The molecule has 0 aromatic heterocycles. The number of hydrogen-bond donors (Lipinski definition) is 0. The Balaban J connectivity index is 2.70. The zero-order chi connectivity index (χ0) is 35.8. The molecule has 0 saturated heterocycles. The largest absolute Gasteiger partial charge is 0.203 e. The van der Waals surface area contributed by atoms with E-state index in [0.717, 1.165) is 24.3 Å². The van der Waals surface area contributed by atoms with Gasteiger partial charge >= 0.3 is 0 Å². The maximum Gasteiger partial charge on any atom is 0.180 e. The van der Waals surface area contributed by atoms with Crippen LogP contribution in [0.2, 0.25) is 0 Å². The molecule has 4 nitrogen and oxygen atoms in total. The summed E-state index contributed by atoms with van der Waals surface area (Å²) >= 11 is 0. The van der Waals surface area contributed by atoms with Gasteiger partial charge in [0.15, 0.2) is 69.8 Å². The maximum atomic E-state index is 15.1. The van der Waals surface area contributed by atoms with Crippen LogP contribution in [0.1, 0.15) is 47.2 Å². The van der Waals surface area contributed by atoms with Gasteiger partial charge in [-0.2, -0.15) is 21.0 Å². The van der Waals surface area contributed by atoms with E-state index in [2.05, 4.69) is 0 Å². The molecule has 0 aliphatic rings. The highest BCUT2D eigenvalue weighted by Crippen LogP contribution is 2.39. The molecule has 0 spiro atoms. The van der Waals surface area contributed by atoms with E-state index in [0.29, 0.717) is 20.8 Å². The molecule has 0 radical (unpaired) electrons. The van der Waals surface area contributed by atoms with Crippen LogP contribution in [0, 0.1) is 122 Å². The molecule has 47 heavy (non-hydrogen) atoms. The summed E-state index contributed by atoms with van der Waals surface area (Å²) in [5, 5.41) is 37.3. The minimum atomic E-state index is -2.39. The first-order valence-electron chi connectivity index (χ1n) is 12.2. The minimum Gasteiger partial charge on any atom is -0.203 e. The highest BCUT2D eigenvalue weighted by molar-refractivity contribution is 5.92. The standard InChI is InChI=1S/C31H10F12N4/c1-9(10(2)17-26(38)22(34)15(7-46)23(35)27(17)39)13(14(6-45)19-30(42)20(32)11(3)21(33)31(19)43)4-12(5-44)18-28(40)24(36)16(8-47)25(37)29(18)41/h4H,1-3H3/b10-9?,12-4-,14-13-. The number of halogens is 12. The van der Waals surface area contributed by atoms with Crippen molar-refractivity contribution in [3.8, 4) is 24.3 Å². The molecular weight excluding hydrogens is 656 g/mol. The molecule has 0 fully saturated rings. The summed E-state index contributed by atoms with van der Waals surface area (Å²) in [7, 11) is 0. The molecule has 238 valence electrons. The first-order chi connectivity index (χ1) is 21.9. The van der Waals surface area contributed by atoms with Crippen molar-refractivity contribution in [1.29, 1.82) is 21.0 Å². The van der Waals surface area contributed by atoms with Gasteiger partial charge in [0.1, 0.15) is 29.3 Å². The van der Waals surface area contributed by atoms with Crippen LogP contribution in [-0.2, 0) is 0 Å². The summed E-state index contributed by atoms with van der Waals surface area (Å²) < 4.78 is 177. The highest BCUT2D eigenvalue weighted by Gasteiger charge is 2.32. The molecule has 0 atom stereocenters. The van der Waals surface area contributed by atoms with Crippen molar-refractivity contribution in [3.05, 3.63) is 120 Å². The fourth-order valence-electron chi connectivity index (χ4n) is 4.30. The second-order valence-electron chi connectivity index (χ2n) is 9.31. The Morgan fingerprint density at radius 1 is 0.489 bits per heavy atom. The lowest BCUT2D eigenvalue weighted by Gasteiger charge is -2.17. The van der Waals surface area contributed by atoms with Crippen LogP contribution in [0.25, 0.3) is 16.7 Å². The second kappa shape index (κ2) is 13.2. The third kappa shape index (κ3) is 5.55. The van der Waals surface area contributed by atoms with Crippen LogP contribution in [0.15, 0.2) is 17.2 Å². The number of rotatable bonds is 5. The van der Waals surface area contributed by atoms with Crippen molar-refractivity contribution in [2.45, 2.75) is 20.8 Å². The minimum absolute atomic E-state index is 0.0600. The Morgan fingerprint density at radius 3 is 1.19 bits per heavy atom. The molecule has 3 rings (SSSR count). The van der Waals surface area contributed by atoms with Gasteiger partial charge in [-0.15, -0.1) is 0 Å². The molecule has 0 unspecified atom stereocenters. The quantitative estimate of drug-likeness (QED) is 0.118. The third-order valence-electron chi connectivity index (χ3n) is 6.88. The Labute approximate surface area is 256 Å². The highest BCUT2D eigenvalue weighted by atomic mass is 19.2. The van der Waals surface area contributed by atoms with E-state index >= 15 is 8.78 Å². The molecule has 3 aromatic carbocycles. The van der Waals surface area contributed by atoms with E-state index in [1.54, 1.807) is 0 Å². The first kappa shape index (κ1) is 35.5. The van der Waals surface area contributed by atoms with Crippen LogP contribution < -0.4 is 0 Å². The van der Waals surface area contributed by atoms with E-state index in [1.165, 1.54) is 0 Å². The van der Waals surface area contributed by atoms with Gasteiger partial charge in [0.25, 0.3) is 0 Å². The molecular formula is C31H10F12N4. The number of nitriles is 4. The number of nitrogens with zero attached hydrogens (tertiary/aromatic N) is 4. The normalized spacial score (nSPS) is 12.4. The monoisotopic (exact) mass is 666 g/mol. The molecule has 0 N–H and O–H groups in total. The molecule has 0 aliphatic heterocycles. The van der Waals surface area contributed by atoms with Crippen molar-refractivity contribution in [1.82, 2.24) is 0 Å². The van der Waals surface area contributed by atoms with E-state index in [9.17, 15) is 54.4 Å². The van der Waals surface area contributed by atoms with Gasteiger partial charge < -0.3 is 0 Å². The number of hydrogen-bond acceptors (Lipinski definition) is 4. The lowest BCUT2D eigenvalue weighted by molar-refractivity contribution is 0.442. The maximum absolute atomic E-state index is 15.1. The molecule has 0 bridgehead atoms. The molecule has 16 heteroatoms. The molecule has 0 saturated carbocycles. The van der Waals surface area contributed by atoms with Gasteiger partial charge in [0, 0.05) is 5.56 Å². The summed E-state index contributed by atoms with van der Waals surface area (Å²) in [5.74, 6) is -27.1. The predicted octanol–water partition coefficient (Wildman–Crippen LogP) is 8.79. The van der Waals surface area contributed by atoms with Crippen LogP contribution >= 0.6 is 0 Å². The van der Waals surface area contributed by atoms with Gasteiger partial charge in [-0.1, -0.05) is 0 Å². The van der Waals surface area contributed by atoms with Crippen LogP contribution in [-0.4, -0.2) is 0 Å². The smallest absolute Gasteiger partial charge is 0.180 e.